The minimum Gasteiger partial charge on any atom is -0.505 e. The van der Waals surface area contributed by atoms with Gasteiger partial charge in [-0.1, -0.05) is 168 Å². The first-order chi connectivity index (χ1) is 29.5. The molecule has 2 rings (SSSR count). The highest BCUT2D eigenvalue weighted by Gasteiger charge is 2.42. The van der Waals surface area contributed by atoms with Crippen LogP contribution in [0.5, 0.6) is 0 Å². The molecule has 0 aromatic carbocycles. The molecule has 4 atom stereocenters. The zero-order valence-corrected chi connectivity index (χ0v) is 37.5. The molecular weight excluding hydrogens is 792 g/mol. The normalized spacial score (nSPS) is 17.1. The van der Waals surface area contributed by atoms with Crippen molar-refractivity contribution in [1.29, 1.82) is 0 Å². The molecule has 354 valence electrons. The molecule has 0 aliphatic carbocycles. The number of ether oxygens (including phenoxy) is 6. The highest BCUT2D eigenvalue weighted by Crippen LogP contribution is 2.26. The molecule has 2 aliphatic rings. The third-order valence-electron chi connectivity index (χ3n) is 10.7. The molecule has 0 spiro atoms. The van der Waals surface area contributed by atoms with E-state index < -0.39 is 72.2 Å². The number of aliphatic hydroxyl groups is 5. The van der Waals surface area contributed by atoms with Crippen LogP contribution in [0, 0.1) is 0 Å². The first-order valence-electron chi connectivity index (χ1n) is 23.2. The lowest BCUT2D eigenvalue weighted by Crippen LogP contribution is -2.34. The van der Waals surface area contributed by atoms with Crippen LogP contribution in [0.1, 0.15) is 194 Å². The van der Waals surface area contributed by atoms with Gasteiger partial charge in [-0.25, -0.2) is 9.59 Å². The van der Waals surface area contributed by atoms with Gasteiger partial charge in [0.25, 0.3) is 0 Å². The van der Waals surface area contributed by atoms with E-state index in [0.29, 0.717) is 0 Å². The number of cyclic esters (lactones) is 2. The second-order valence-electron chi connectivity index (χ2n) is 16.1. The zero-order chi connectivity index (χ0) is 45.1. The average Bonchev–Trinajstić information content (AvgIpc) is 3.69. The van der Waals surface area contributed by atoms with Gasteiger partial charge in [0.2, 0.25) is 11.5 Å². The van der Waals surface area contributed by atoms with Crippen LogP contribution in [0.15, 0.2) is 23.0 Å². The van der Waals surface area contributed by atoms with Gasteiger partial charge in [-0.3, -0.25) is 9.59 Å². The third kappa shape index (κ3) is 25.9. The Labute approximate surface area is 364 Å². The Bertz CT molecular complexity index is 1270. The second kappa shape index (κ2) is 36.0. The SMILES string of the molecule is CCCCCCCCCCCCCCCC(=O)OC[C@H](O)C1OC(=O)C(O)=C1O.CCCCCCCCCCCCCCCC(=O)OC[C@H](O)C1OC(=O)C(O)=C1OCOC. The number of esters is 4. The summed E-state index contributed by atoms with van der Waals surface area (Å²) in [4.78, 5) is 46.2. The molecule has 0 radical (unpaired) electrons. The Balaban J connectivity index is 0.000000613. The second-order valence-corrected chi connectivity index (χ2v) is 16.1. The van der Waals surface area contributed by atoms with Crippen molar-refractivity contribution in [3.8, 4) is 0 Å². The lowest BCUT2D eigenvalue weighted by molar-refractivity contribution is -0.156. The summed E-state index contributed by atoms with van der Waals surface area (Å²) in [5.41, 5.74) is 0. The molecule has 0 fully saturated rings. The molecule has 15 heteroatoms. The summed E-state index contributed by atoms with van der Waals surface area (Å²) in [6, 6.07) is 0. The number of unbranched alkanes of at least 4 members (excludes halogenated alkanes) is 24. The van der Waals surface area contributed by atoms with Gasteiger partial charge >= 0.3 is 23.9 Å². The van der Waals surface area contributed by atoms with E-state index in [4.69, 9.17) is 23.7 Å². The fraction of sp³-hybridized carbons (Fsp3) is 0.826. The maximum Gasteiger partial charge on any atom is 0.378 e. The molecule has 0 amide bonds. The van der Waals surface area contributed by atoms with Gasteiger partial charge in [-0.2, -0.15) is 0 Å². The van der Waals surface area contributed by atoms with Crippen LogP contribution in [0.25, 0.3) is 0 Å². The van der Waals surface area contributed by atoms with Crippen LogP contribution in [0.3, 0.4) is 0 Å². The van der Waals surface area contributed by atoms with E-state index >= 15 is 0 Å². The van der Waals surface area contributed by atoms with Crippen LogP contribution >= 0.6 is 0 Å². The van der Waals surface area contributed by atoms with Crippen LogP contribution in [0.2, 0.25) is 0 Å². The molecule has 5 N–H and O–H groups in total. The monoisotopic (exact) mass is 873 g/mol. The van der Waals surface area contributed by atoms with E-state index in [1.54, 1.807) is 0 Å². The summed E-state index contributed by atoms with van der Waals surface area (Å²) < 4.78 is 29.3. The molecule has 0 aromatic heterocycles. The van der Waals surface area contributed by atoms with Gasteiger partial charge in [-0.15, -0.1) is 0 Å². The number of hydrogen-bond acceptors (Lipinski definition) is 15. The van der Waals surface area contributed by atoms with Gasteiger partial charge in [0, 0.05) is 20.0 Å². The van der Waals surface area contributed by atoms with Crippen LogP contribution in [-0.4, -0.2) is 101 Å². The maximum atomic E-state index is 11.9. The van der Waals surface area contributed by atoms with Crippen molar-refractivity contribution in [2.75, 3.05) is 27.1 Å². The Morgan fingerprint density at radius 1 is 0.525 bits per heavy atom. The maximum absolute atomic E-state index is 11.9. The molecule has 15 nitrogen and oxygen atoms in total. The van der Waals surface area contributed by atoms with Crippen molar-refractivity contribution < 1.29 is 73.1 Å². The van der Waals surface area contributed by atoms with Gasteiger partial charge in [0.15, 0.2) is 30.5 Å². The van der Waals surface area contributed by atoms with Crippen LogP contribution < -0.4 is 0 Å². The van der Waals surface area contributed by atoms with Crippen molar-refractivity contribution in [2.24, 2.45) is 0 Å². The quantitative estimate of drug-likeness (QED) is 0.0170. The van der Waals surface area contributed by atoms with Gasteiger partial charge in [0.1, 0.15) is 25.4 Å². The molecule has 61 heavy (non-hydrogen) atoms. The predicted octanol–water partition coefficient (Wildman–Crippen LogP) is 9.31. The van der Waals surface area contributed by atoms with E-state index in [1.807, 2.05) is 0 Å². The Morgan fingerprint density at radius 3 is 1.20 bits per heavy atom. The third-order valence-corrected chi connectivity index (χ3v) is 10.7. The summed E-state index contributed by atoms with van der Waals surface area (Å²) >= 11 is 0. The average molecular weight is 873 g/mol. The summed E-state index contributed by atoms with van der Waals surface area (Å²) in [5, 5.41) is 48.3. The van der Waals surface area contributed by atoms with E-state index in [2.05, 4.69) is 18.6 Å². The first-order valence-corrected chi connectivity index (χ1v) is 23.2. The summed E-state index contributed by atoms with van der Waals surface area (Å²) in [7, 11) is 1.37. The number of aliphatic hydroxyl groups excluding tert-OH is 5. The predicted molar refractivity (Wildman–Crippen MR) is 229 cm³/mol. The lowest BCUT2D eigenvalue weighted by Gasteiger charge is -2.19. The van der Waals surface area contributed by atoms with Gasteiger partial charge in [-0.05, 0) is 12.8 Å². The van der Waals surface area contributed by atoms with E-state index in [1.165, 1.54) is 136 Å². The molecule has 2 heterocycles. The Hall–Kier alpha value is -3.56. The fourth-order valence-electron chi connectivity index (χ4n) is 6.96. The fourth-order valence-corrected chi connectivity index (χ4v) is 6.96. The summed E-state index contributed by atoms with van der Waals surface area (Å²) in [6.07, 6.45) is 27.1. The zero-order valence-electron chi connectivity index (χ0n) is 37.5. The van der Waals surface area contributed by atoms with Crippen LogP contribution in [0.4, 0.5) is 0 Å². The number of methoxy groups -OCH3 is 1. The topological polar surface area (TPSA) is 225 Å². The van der Waals surface area contributed by atoms with Crippen molar-refractivity contribution >= 4 is 23.9 Å². The molecule has 2 aliphatic heterocycles. The largest absolute Gasteiger partial charge is 0.505 e. The van der Waals surface area contributed by atoms with Crippen molar-refractivity contribution in [3.05, 3.63) is 23.0 Å². The molecule has 0 saturated carbocycles. The Morgan fingerprint density at radius 2 is 0.852 bits per heavy atom. The van der Waals surface area contributed by atoms with Gasteiger partial charge in [0.05, 0.1) is 0 Å². The first kappa shape index (κ1) is 55.5. The summed E-state index contributed by atoms with van der Waals surface area (Å²) in [6.45, 7) is 3.49. The molecule has 2 unspecified atom stereocenters. The highest BCUT2D eigenvalue weighted by atomic mass is 16.7. The van der Waals surface area contributed by atoms with E-state index in [-0.39, 0.29) is 32.0 Å². The van der Waals surface area contributed by atoms with Crippen molar-refractivity contribution in [2.45, 2.75) is 218 Å². The molecule has 0 bridgehead atoms. The highest BCUT2D eigenvalue weighted by molar-refractivity contribution is 5.89. The Kier molecular flexibility index (Phi) is 32.7. The molecule has 0 saturated heterocycles. The van der Waals surface area contributed by atoms with Crippen LogP contribution in [-0.2, 0) is 47.6 Å². The number of carbonyl (C=O) groups is 4. The minimum absolute atomic E-state index is 0.224. The minimum atomic E-state index is -1.42. The molecule has 0 aromatic rings. The van der Waals surface area contributed by atoms with E-state index in [0.717, 1.165) is 38.5 Å². The van der Waals surface area contributed by atoms with Gasteiger partial charge < -0.3 is 54.0 Å². The smallest absolute Gasteiger partial charge is 0.378 e. The number of hydrogen-bond donors (Lipinski definition) is 5. The lowest BCUT2D eigenvalue weighted by atomic mass is 10.0. The summed E-state index contributed by atoms with van der Waals surface area (Å²) in [5.74, 6) is -5.57. The van der Waals surface area contributed by atoms with Crippen molar-refractivity contribution in [3.63, 3.8) is 0 Å². The van der Waals surface area contributed by atoms with Crippen molar-refractivity contribution in [1.82, 2.24) is 0 Å². The number of rotatable bonds is 37. The number of carbonyl (C=O) groups excluding carboxylic acids is 4. The standard InChI is InChI=1S/C24H42O8.C22H38O7/c1-3-4-5-6-7-8-9-10-11-12-13-14-15-16-20(26)30-17-19(25)22-23(31-18-29-2)21(27)24(28)32-22;1-2-3-4-5-6-7-8-9-10-11-12-13-14-15-18(24)28-16-17(23)21-19(25)20(26)22(27)29-21/h19,22,25,27H,3-18H2,1-2H3;17,21,23,25-26H,2-16H2,1H3/t19-,22?;17-,21?/m00/s1. The van der Waals surface area contributed by atoms with E-state index in [9.17, 15) is 44.7 Å². The molecular formula is C46H80O15.